The van der Waals surface area contributed by atoms with Crippen molar-refractivity contribution in [3.63, 3.8) is 0 Å². The number of halogens is 3. The maximum Gasteiger partial charge on any atom is 0.138 e. The molecule has 0 aliphatic carbocycles. The fourth-order valence-electron chi connectivity index (χ4n) is 1.93. The summed E-state index contributed by atoms with van der Waals surface area (Å²) in [4.78, 5) is 0. The van der Waals surface area contributed by atoms with E-state index in [0.29, 0.717) is 32.5 Å². The van der Waals surface area contributed by atoms with Gasteiger partial charge in [-0.1, -0.05) is 35.3 Å². The summed E-state index contributed by atoms with van der Waals surface area (Å²) in [7, 11) is 1.48. The first kappa shape index (κ1) is 15.1. The van der Waals surface area contributed by atoms with Gasteiger partial charge in [-0.05, 0) is 30.2 Å². The zero-order chi connectivity index (χ0) is 14.9. The molecule has 0 bridgehead atoms. The number of hydrogen-bond donors (Lipinski definition) is 1. The van der Waals surface area contributed by atoms with Crippen molar-refractivity contribution in [1.82, 2.24) is 0 Å². The fraction of sp³-hybridized carbons (Fsp3) is 0.200. The topological polar surface area (TPSA) is 29.5 Å². The van der Waals surface area contributed by atoms with Gasteiger partial charge in [-0.15, -0.1) is 0 Å². The zero-order valence-corrected chi connectivity index (χ0v) is 12.5. The third-order valence-corrected chi connectivity index (χ3v) is 3.69. The number of benzene rings is 2. The van der Waals surface area contributed by atoms with Crippen molar-refractivity contribution >= 4 is 23.2 Å². The van der Waals surface area contributed by atoms with Crippen LogP contribution in [0.4, 0.5) is 4.39 Å². The molecule has 2 aromatic carbocycles. The zero-order valence-electron chi connectivity index (χ0n) is 11.0. The van der Waals surface area contributed by atoms with E-state index in [9.17, 15) is 9.50 Å². The average Bonchev–Trinajstić information content (AvgIpc) is 2.43. The van der Waals surface area contributed by atoms with Gasteiger partial charge >= 0.3 is 0 Å². The number of methoxy groups -OCH3 is 1. The Morgan fingerprint density at radius 2 is 1.85 bits per heavy atom. The van der Waals surface area contributed by atoms with Crippen LogP contribution in [0.2, 0.25) is 10.0 Å². The Morgan fingerprint density at radius 1 is 1.15 bits per heavy atom. The maximum absolute atomic E-state index is 13.3. The Hall–Kier alpha value is -1.29. The van der Waals surface area contributed by atoms with Gasteiger partial charge in [-0.2, -0.15) is 0 Å². The predicted molar refractivity (Wildman–Crippen MR) is 78.2 cm³/mol. The molecule has 106 valence electrons. The highest BCUT2D eigenvalue weighted by Crippen LogP contribution is 2.36. The number of aryl methyl sites for hydroxylation is 1. The van der Waals surface area contributed by atoms with Gasteiger partial charge in [0.15, 0.2) is 0 Å². The molecule has 0 amide bonds. The molecule has 5 heteroatoms. The summed E-state index contributed by atoms with van der Waals surface area (Å²) in [6.07, 6.45) is -0.981. The van der Waals surface area contributed by atoms with Crippen LogP contribution in [0.25, 0.3) is 0 Å². The van der Waals surface area contributed by atoms with Gasteiger partial charge in [-0.3, -0.25) is 0 Å². The van der Waals surface area contributed by atoms with Crippen molar-refractivity contribution in [2.75, 3.05) is 7.11 Å². The van der Waals surface area contributed by atoms with E-state index in [2.05, 4.69) is 0 Å². The van der Waals surface area contributed by atoms with Crippen molar-refractivity contribution in [3.05, 3.63) is 62.9 Å². The molecule has 0 aliphatic rings. The normalized spacial score (nSPS) is 12.3. The number of aliphatic hydroxyl groups is 1. The van der Waals surface area contributed by atoms with E-state index in [4.69, 9.17) is 27.9 Å². The van der Waals surface area contributed by atoms with Crippen molar-refractivity contribution in [3.8, 4) is 5.75 Å². The lowest BCUT2D eigenvalue weighted by molar-refractivity contribution is 0.220. The van der Waals surface area contributed by atoms with E-state index in [1.54, 1.807) is 25.1 Å². The van der Waals surface area contributed by atoms with Gasteiger partial charge in [0.05, 0.1) is 17.2 Å². The minimum absolute atomic E-state index is 0.320. The van der Waals surface area contributed by atoms with Crippen LogP contribution in [-0.4, -0.2) is 12.2 Å². The highest BCUT2D eigenvalue weighted by atomic mass is 35.5. The van der Waals surface area contributed by atoms with Crippen LogP contribution in [0.5, 0.6) is 5.75 Å². The molecule has 1 unspecified atom stereocenters. The van der Waals surface area contributed by atoms with Gasteiger partial charge in [0.1, 0.15) is 17.7 Å². The largest absolute Gasteiger partial charge is 0.495 e. The molecular formula is C15H13Cl2FO2. The second-order valence-corrected chi connectivity index (χ2v) is 5.23. The summed E-state index contributed by atoms with van der Waals surface area (Å²) in [6, 6.07) is 7.49. The molecule has 0 saturated heterocycles. The predicted octanol–water partition coefficient (Wildman–Crippen LogP) is 4.53. The minimum Gasteiger partial charge on any atom is -0.495 e. The van der Waals surface area contributed by atoms with E-state index in [0.717, 1.165) is 0 Å². The molecule has 0 aromatic heterocycles. The molecule has 1 N–H and O–H groups in total. The van der Waals surface area contributed by atoms with Crippen molar-refractivity contribution in [2.45, 2.75) is 13.0 Å². The lowest BCUT2D eigenvalue weighted by atomic mass is 9.99. The van der Waals surface area contributed by atoms with E-state index < -0.39 is 6.10 Å². The molecule has 2 aromatic rings. The number of rotatable bonds is 3. The maximum atomic E-state index is 13.3. The molecule has 0 radical (unpaired) electrons. The lowest BCUT2D eigenvalue weighted by Gasteiger charge is -2.16. The van der Waals surface area contributed by atoms with Crippen LogP contribution < -0.4 is 4.74 Å². The van der Waals surface area contributed by atoms with Crippen LogP contribution in [-0.2, 0) is 0 Å². The lowest BCUT2D eigenvalue weighted by Crippen LogP contribution is -2.02. The van der Waals surface area contributed by atoms with Crippen LogP contribution in [0.1, 0.15) is 22.8 Å². The summed E-state index contributed by atoms with van der Waals surface area (Å²) < 4.78 is 18.3. The first-order valence-corrected chi connectivity index (χ1v) is 6.66. The standard InChI is InChI=1S/C15H13Cl2FO2/c1-8-5-9(3-4-13(8)18)15(19)10-6-12(17)14(20-2)7-11(10)16/h3-7,15,19H,1-2H3. The van der Waals surface area contributed by atoms with Crippen molar-refractivity contribution in [1.29, 1.82) is 0 Å². The average molecular weight is 315 g/mol. The first-order chi connectivity index (χ1) is 9.43. The van der Waals surface area contributed by atoms with Crippen LogP contribution in [0, 0.1) is 12.7 Å². The summed E-state index contributed by atoms with van der Waals surface area (Å²) in [5, 5.41) is 11.1. The molecule has 0 fully saturated rings. The first-order valence-electron chi connectivity index (χ1n) is 5.91. The van der Waals surface area contributed by atoms with Gasteiger partial charge < -0.3 is 9.84 Å². The Labute approximate surface area is 126 Å². The summed E-state index contributed by atoms with van der Waals surface area (Å²) in [6.45, 7) is 1.63. The Balaban J connectivity index is 2.45. The van der Waals surface area contributed by atoms with E-state index in [-0.39, 0.29) is 5.82 Å². The Kier molecular flexibility index (Phi) is 4.53. The van der Waals surface area contributed by atoms with Gasteiger partial charge in [-0.25, -0.2) is 4.39 Å². The van der Waals surface area contributed by atoms with Gasteiger partial charge in [0.25, 0.3) is 0 Å². The monoisotopic (exact) mass is 314 g/mol. The fourth-order valence-corrected chi connectivity index (χ4v) is 2.43. The van der Waals surface area contributed by atoms with Crippen molar-refractivity contribution in [2.24, 2.45) is 0 Å². The number of hydrogen-bond acceptors (Lipinski definition) is 2. The van der Waals surface area contributed by atoms with E-state index in [1.807, 2.05) is 0 Å². The number of ether oxygens (including phenoxy) is 1. The van der Waals surface area contributed by atoms with Crippen LogP contribution in [0.3, 0.4) is 0 Å². The highest BCUT2D eigenvalue weighted by molar-refractivity contribution is 6.34. The molecule has 20 heavy (non-hydrogen) atoms. The van der Waals surface area contributed by atoms with Gasteiger partial charge in [0.2, 0.25) is 0 Å². The second kappa shape index (κ2) is 6.00. The Bertz CT molecular complexity index is 644. The Morgan fingerprint density at radius 3 is 2.45 bits per heavy atom. The van der Waals surface area contributed by atoms with Crippen molar-refractivity contribution < 1.29 is 14.2 Å². The minimum atomic E-state index is -0.981. The van der Waals surface area contributed by atoms with Crippen LogP contribution >= 0.6 is 23.2 Å². The SMILES string of the molecule is COc1cc(Cl)c(C(O)c2ccc(F)c(C)c2)cc1Cl. The van der Waals surface area contributed by atoms with Gasteiger partial charge in [0, 0.05) is 11.6 Å². The summed E-state index contributed by atoms with van der Waals surface area (Å²) in [5.74, 6) is 0.114. The van der Waals surface area contributed by atoms with E-state index in [1.165, 1.54) is 19.2 Å². The molecular weight excluding hydrogens is 302 g/mol. The molecule has 2 rings (SSSR count). The highest BCUT2D eigenvalue weighted by Gasteiger charge is 2.17. The molecule has 0 saturated carbocycles. The summed E-state index contributed by atoms with van der Waals surface area (Å²) in [5.41, 5.74) is 1.45. The molecule has 0 spiro atoms. The number of aliphatic hydroxyl groups excluding tert-OH is 1. The molecule has 0 heterocycles. The third-order valence-electron chi connectivity index (χ3n) is 3.06. The molecule has 0 aliphatic heterocycles. The molecule has 1 atom stereocenters. The summed E-state index contributed by atoms with van der Waals surface area (Å²) >= 11 is 12.2. The van der Waals surface area contributed by atoms with E-state index >= 15 is 0 Å². The molecule has 2 nitrogen and oxygen atoms in total. The van der Waals surface area contributed by atoms with Crippen LogP contribution in [0.15, 0.2) is 30.3 Å². The second-order valence-electron chi connectivity index (χ2n) is 4.42. The smallest absolute Gasteiger partial charge is 0.138 e. The quantitative estimate of drug-likeness (QED) is 0.901. The third kappa shape index (κ3) is 2.90.